The fraction of sp³-hybridized carbons (Fsp3) is 0.440. The van der Waals surface area contributed by atoms with Gasteiger partial charge in [0.05, 0.1) is 18.0 Å². The molecule has 0 saturated heterocycles. The molecule has 3 rings (SSSR count). The zero-order valence-corrected chi connectivity index (χ0v) is 20.0. The van der Waals surface area contributed by atoms with Crippen molar-refractivity contribution in [2.75, 3.05) is 6.61 Å². The third-order valence-corrected chi connectivity index (χ3v) is 5.93. The van der Waals surface area contributed by atoms with Gasteiger partial charge in [-0.05, 0) is 89.3 Å². The standard InChI is InChI=1S/C25H32N4O3/c1-8-32-25(31)19(7)26-22(30)12-11-21-16(4)23-18(6)28-29(24(23)27-17(21)5)20-10-9-14(2)15(3)13-20/h9-10,13,19H,8,11-12H2,1-7H3,(H,26,30)/t19-/m0/s1. The third kappa shape index (κ3) is 4.66. The number of pyridine rings is 1. The van der Waals surface area contributed by atoms with Crippen LogP contribution in [0.25, 0.3) is 16.7 Å². The summed E-state index contributed by atoms with van der Waals surface area (Å²) in [4.78, 5) is 29.0. The number of amides is 1. The Hall–Kier alpha value is -3.22. The average molecular weight is 437 g/mol. The van der Waals surface area contributed by atoms with Gasteiger partial charge in [-0.1, -0.05) is 6.07 Å². The summed E-state index contributed by atoms with van der Waals surface area (Å²) in [5.41, 5.74) is 8.17. The summed E-state index contributed by atoms with van der Waals surface area (Å²) in [6.07, 6.45) is 0.805. The largest absolute Gasteiger partial charge is 0.464 e. The van der Waals surface area contributed by atoms with E-state index in [2.05, 4.69) is 44.3 Å². The maximum Gasteiger partial charge on any atom is 0.328 e. The first kappa shape index (κ1) is 23.4. The van der Waals surface area contributed by atoms with E-state index in [0.717, 1.165) is 39.2 Å². The lowest BCUT2D eigenvalue weighted by atomic mass is 9.99. The van der Waals surface area contributed by atoms with E-state index in [1.165, 1.54) is 11.1 Å². The van der Waals surface area contributed by atoms with E-state index < -0.39 is 12.0 Å². The van der Waals surface area contributed by atoms with E-state index in [-0.39, 0.29) is 18.9 Å². The molecule has 7 nitrogen and oxygen atoms in total. The van der Waals surface area contributed by atoms with Gasteiger partial charge in [-0.15, -0.1) is 0 Å². The van der Waals surface area contributed by atoms with Gasteiger partial charge in [-0.2, -0.15) is 5.10 Å². The number of nitrogens with one attached hydrogen (secondary N) is 1. The highest BCUT2D eigenvalue weighted by atomic mass is 16.5. The predicted molar refractivity (Wildman–Crippen MR) is 125 cm³/mol. The van der Waals surface area contributed by atoms with Gasteiger partial charge in [0, 0.05) is 17.5 Å². The number of esters is 1. The Morgan fingerprint density at radius 1 is 1.09 bits per heavy atom. The lowest BCUT2D eigenvalue weighted by molar-refractivity contribution is -0.146. The number of rotatable bonds is 7. The maximum atomic E-state index is 12.4. The Bertz CT molecular complexity index is 1180. The minimum absolute atomic E-state index is 0.188. The monoisotopic (exact) mass is 436 g/mol. The highest BCUT2D eigenvalue weighted by Gasteiger charge is 2.20. The molecule has 170 valence electrons. The number of hydrogen-bond donors (Lipinski definition) is 1. The van der Waals surface area contributed by atoms with Crippen molar-refractivity contribution in [1.29, 1.82) is 0 Å². The first-order valence-electron chi connectivity index (χ1n) is 11.0. The second kappa shape index (κ2) is 9.51. The fourth-order valence-corrected chi connectivity index (χ4v) is 3.99. The van der Waals surface area contributed by atoms with E-state index in [9.17, 15) is 9.59 Å². The zero-order chi connectivity index (χ0) is 23.6. The van der Waals surface area contributed by atoms with Crippen LogP contribution in [0.15, 0.2) is 18.2 Å². The van der Waals surface area contributed by atoms with Crippen LogP contribution < -0.4 is 5.32 Å². The molecule has 1 atom stereocenters. The van der Waals surface area contributed by atoms with Gasteiger partial charge in [-0.3, -0.25) is 4.79 Å². The van der Waals surface area contributed by atoms with Crippen LogP contribution in [0, 0.1) is 34.6 Å². The number of fused-ring (bicyclic) bond motifs is 1. The number of carbonyl (C=O) groups is 2. The third-order valence-electron chi connectivity index (χ3n) is 5.93. The van der Waals surface area contributed by atoms with Crippen LogP contribution in [-0.4, -0.2) is 39.3 Å². The number of aromatic nitrogens is 3. The summed E-state index contributed by atoms with van der Waals surface area (Å²) in [5, 5.41) is 8.49. The SMILES string of the molecule is CCOC(=O)[C@H](C)NC(=O)CCc1c(C)nc2c(c(C)nn2-c2ccc(C)c(C)c2)c1C. The van der Waals surface area contributed by atoms with Crippen molar-refractivity contribution in [2.24, 2.45) is 0 Å². The van der Waals surface area contributed by atoms with E-state index in [1.54, 1.807) is 13.8 Å². The molecule has 0 radical (unpaired) electrons. The number of carbonyl (C=O) groups excluding carboxylic acids is 2. The molecular formula is C25H32N4O3. The molecule has 32 heavy (non-hydrogen) atoms. The lowest BCUT2D eigenvalue weighted by Crippen LogP contribution is -2.39. The Labute approximate surface area is 189 Å². The van der Waals surface area contributed by atoms with Crippen molar-refractivity contribution in [3.63, 3.8) is 0 Å². The number of benzene rings is 1. The highest BCUT2D eigenvalue weighted by molar-refractivity contribution is 5.86. The molecule has 0 bridgehead atoms. The van der Waals surface area contributed by atoms with Crippen molar-refractivity contribution >= 4 is 22.9 Å². The fourth-order valence-electron chi connectivity index (χ4n) is 3.99. The molecule has 0 aliphatic heterocycles. The van der Waals surface area contributed by atoms with Crippen LogP contribution in [0.2, 0.25) is 0 Å². The first-order chi connectivity index (χ1) is 15.1. The number of hydrogen-bond acceptors (Lipinski definition) is 5. The summed E-state index contributed by atoms with van der Waals surface area (Å²) in [6.45, 7) is 13.9. The summed E-state index contributed by atoms with van der Waals surface area (Å²) < 4.78 is 6.84. The zero-order valence-electron chi connectivity index (χ0n) is 20.0. The minimum atomic E-state index is -0.663. The molecule has 7 heteroatoms. The molecule has 0 aliphatic rings. The molecule has 0 spiro atoms. The molecular weight excluding hydrogens is 404 g/mol. The lowest BCUT2D eigenvalue weighted by Gasteiger charge is -2.14. The molecule has 0 fully saturated rings. The number of aryl methyl sites for hydroxylation is 5. The number of nitrogens with zero attached hydrogens (tertiary/aromatic N) is 3. The first-order valence-corrected chi connectivity index (χ1v) is 11.0. The van der Waals surface area contributed by atoms with Gasteiger partial charge in [0.1, 0.15) is 6.04 Å². The summed E-state index contributed by atoms with van der Waals surface area (Å²) in [6, 6.07) is 5.61. The van der Waals surface area contributed by atoms with Gasteiger partial charge in [0.25, 0.3) is 0 Å². The van der Waals surface area contributed by atoms with Crippen LogP contribution in [0.1, 0.15) is 53.9 Å². The van der Waals surface area contributed by atoms with Crippen molar-refractivity contribution in [2.45, 2.75) is 67.3 Å². The number of ether oxygens (including phenoxy) is 1. The van der Waals surface area contributed by atoms with E-state index in [1.807, 2.05) is 18.5 Å². The molecule has 1 amide bonds. The Balaban J connectivity index is 1.87. The van der Waals surface area contributed by atoms with Crippen molar-refractivity contribution in [3.8, 4) is 5.69 Å². The predicted octanol–water partition coefficient (Wildman–Crippen LogP) is 3.96. The van der Waals surface area contributed by atoms with Crippen molar-refractivity contribution in [1.82, 2.24) is 20.1 Å². The Kier molecular flexibility index (Phi) is 6.96. The minimum Gasteiger partial charge on any atom is -0.464 e. The van der Waals surface area contributed by atoms with Gasteiger partial charge in [0.2, 0.25) is 5.91 Å². The molecule has 1 N–H and O–H groups in total. The second-order valence-corrected chi connectivity index (χ2v) is 8.31. The van der Waals surface area contributed by atoms with Gasteiger partial charge < -0.3 is 10.1 Å². The second-order valence-electron chi connectivity index (χ2n) is 8.31. The quantitative estimate of drug-likeness (QED) is 0.567. The topological polar surface area (TPSA) is 86.1 Å². The smallest absolute Gasteiger partial charge is 0.328 e. The summed E-state index contributed by atoms with van der Waals surface area (Å²) in [7, 11) is 0. The normalized spacial score (nSPS) is 12.1. The van der Waals surface area contributed by atoms with Crippen molar-refractivity contribution < 1.29 is 14.3 Å². The molecule has 2 aromatic heterocycles. The average Bonchev–Trinajstić information content (AvgIpc) is 3.06. The van der Waals surface area contributed by atoms with Crippen molar-refractivity contribution in [3.05, 3.63) is 51.8 Å². The Morgan fingerprint density at radius 3 is 2.47 bits per heavy atom. The van der Waals surface area contributed by atoms with E-state index in [0.29, 0.717) is 6.42 Å². The van der Waals surface area contributed by atoms with Gasteiger partial charge >= 0.3 is 5.97 Å². The summed E-state index contributed by atoms with van der Waals surface area (Å²) in [5.74, 6) is -0.613. The van der Waals surface area contributed by atoms with Crippen LogP contribution in [-0.2, 0) is 20.7 Å². The van der Waals surface area contributed by atoms with Gasteiger partial charge in [0.15, 0.2) is 5.65 Å². The molecule has 3 aromatic rings. The highest BCUT2D eigenvalue weighted by Crippen LogP contribution is 2.28. The van der Waals surface area contributed by atoms with Crippen LogP contribution >= 0.6 is 0 Å². The molecule has 0 unspecified atom stereocenters. The van der Waals surface area contributed by atoms with E-state index >= 15 is 0 Å². The molecule has 0 aliphatic carbocycles. The van der Waals surface area contributed by atoms with E-state index in [4.69, 9.17) is 14.8 Å². The Morgan fingerprint density at radius 2 is 1.81 bits per heavy atom. The van der Waals surface area contributed by atoms with Gasteiger partial charge in [-0.25, -0.2) is 14.5 Å². The van der Waals surface area contributed by atoms with Crippen LogP contribution in [0.5, 0.6) is 0 Å². The maximum absolute atomic E-state index is 12.4. The molecule has 2 heterocycles. The van der Waals surface area contributed by atoms with Crippen LogP contribution in [0.4, 0.5) is 0 Å². The molecule has 1 aromatic carbocycles. The molecule has 0 saturated carbocycles. The van der Waals surface area contributed by atoms with Crippen LogP contribution in [0.3, 0.4) is 0 Å². The summed E-state index contributed by atoms with van der Waals surface area (Å²) >= 11 is 0.